The summed E-state index contributed by atoms with van der Waals surface area (Å²) in [6.07, 6.45) is 1.80. The smallest absolute Gasteiger partial charge is 0.408 e. The van der Waals surface area contributed by atoms with E-state index in [2.05, 4.69) is 15.6 Å². The van der Waals surface area contributed by atoms with E-state index in [0.717, 1.165) is 6.20 Å². The van der Waals surface area contributed by atoms with Crippen molar-refractivity contribution < 1.29 is 23.7 Å². The van der Waals surface area contributed by atoms with Gasteiger partial charge in [-0.1, -0.05) is 0 Å². The standard InChI is InChI=1S/C15H18N4O6S/c1-15(2,3)25-14(21)17-10(7-9-5-4-6-24-9)12(20)18-13-16-8-11(26-13)19(22)23/h4-6,8,10H,7H2,1-3H3,(H,17,21)(H,16,18,20). The molecule has 1 atom stereocenters. The van der Waals surface area contributed by atoms with E-state index in [9.17, 15) is 19.7 Å². The van der Waals surface area contributed by atoms with E-state index in [-0.39, 0.29) is 16.6 Å². The van der Waals surface area contributed by atoms with Crippen LogP contribution in [0.2, 0.25) is 0 Å². The van der Waals surface area contributed by atoms with E-state index >= 15 is 0 Å². The molecule has 0 saturated carbocycles. The summed E-state index contributed by atoms with van der Waals surface area (Å²) in [5, 5.41) is 15.5. The van der Waals surface area contributed by atoms with E-state index in [1.807, 2.05) is 0 Å². The van der Waals surface area contributed by atoms with Crippen molar-refractivity contribution in [2.75, 3.05) is 5.32 Å². The van der Waals surface area contributed by atoms with Crippen LogP contribution in [0.3, 0.4) is 0 Å². The van der Waals surface area contributed by atoms with Gasteiger partial charge in [-0.25, -0.2) is 9.78 Å². The minimum Gasteiger partial charge on any atom is -0.469 e. The van der Waals surface area contributed by atoms with Crippen LogP contribution < -0.4 is 10.6 Å². The fourth-order valence-corrected chi connectivity index (χ4v) is 2.52. The first kappa shape index (κ1) is 19.4. The molecule has 26 heavy (non-hydrogen) atoms. The highest BCUT2D eigenvalue weighted by Gasteiger charge is 2.26. The minimum atomic E-state index is -1.01. The Morgan fingerprint density at radius 1 is 1.46 bits per heavy atom. The van der Waals surface area contributed by atoms with Gasteiger partial charge in [0.2, 0.25) is 5.91 Å². The molecule has 0 aliphatic rings. The molecule has 2 aromatic rings. The molecular weight excluding hydrogens is 364 g/mol. The van der Waals surface area contributed by atoms with E-state index in [0.29, 0.717) is 17.1 Å². The second kappa shape index (κ2) is 7.95. The number of nitrogens with zero attached hydrogens (tertiary/aromatic N) is 2. The number of amides is 2. The number of anilines is 1. The van der Waals surface area contributed by atoms with Gasteiger partial charge in [-0.05, 0) is 44.2 Å². The number of furan rings is 1. The van der Waals surface area contributed by atoms with Crippen LogP contribution in [0.4, 0.5) is 14.9 Å². The van der Waals surface area contributed by atoms with Crippen molar-refractivity contribution in [2.45, 2.75) is 38.8 Å². The van der Waals surface area contributed by atoms with Crippen LogP contribution in [-0.4, -0.2) is 33.6 Å². The van der Waals surface area contributed by atoms with Gasteiger partial charge < -0.3 is 14.5 Å². The zero-order valence-corrected chi connectivity index (χ0v) is 15.2. The summed E-state index contributed by atoms with van der Waals surface area (Å²) >= 11 is 0.714. The lowest BCUT2D eigenvalue weighted by Crippen LogP contribution is -2.47. The van der Waals surface area contributed by atoms with E-state index in [1.54, 1.807) is 32.9 Å². The molecule has 0 aromatic carbocycles. The van der Waals surface area contributed by atoms with Gasteiger partial charge in [-0.15, -0.1) is 0 Å². The molecule has 2 aromatic heterocycles. The SMILES string of the molecule is CC(C)(C)OC(=O)NC(Cc1ccco1)C(=O)Nc1ncc([N+](=O)[O-])s1. The Hall–Kier alpha value is -2.95. The van der Waals surface area contributed by atoms with Crippen molar-refractivity contribution in [3.63, 3.8) is 0 Å². The summed E-state index contributed by atoms with van der Waals surface area (Å²) in [7, 11) is 0. The van der Waals surface area contributed by atoms with Gasteiger partial charge in [-0.2, -0.15) is 0 Å². The first-order chi connectivity index (χ1) is 12.1. The first-order valence-corrected chi connectivity index (χ1v) is 8.38. The van der Waals surface area contributed by atoms with Crippen LogP contribution in [0.25, 0.3) is 0 Å². The Balaban J connectivity index is 2.09. The molecule has 2 N–H and O–H groups in total. The summed E-state index contributed by atoms with van der Waals surface area (Å²) in [6.45, 7) is 5.09. The molecular formula is C15H18N4O6S. The Labute approximate surface area is 152 Å². The normalized spacial score (nSPS) is 12.3. The molecule has 0 aliphatic heterocycles. The highest BCUT2D eigenvalue weighted by Crippen LogP contribution is 2.25. The van der Waals surface area contributed by atoms with E-state index in [4.69, 9.17) is 9.15 Å². The minimum absolute atomic E-state index is 0.0529. The second-order valence-corrected chi connectivity index (χ2v) is 7.24. The third kappa shape index (κ3) is 5.84. The van der Waals surface area contributed by atoms with Crippen molar-refractivity contribution in [1.82, 2.24) is 10.3 Å². The second-order valence-electron chi connectivity index (χ2n) is 6.23. The topological polar surface area (TPSA) is 137 Å². The van der Waals surface area contributed by atoms with Crippen molar-refractivity contribution in [2.24, 2.45) is 0 Å². The largest absolute Gasteiger partial charge is 0.469 e. The number of thiazole rings is 1. The summed E-state index contributed by atoms with van der Waals surface area (Å²) < 4.78 is 10.4. The lowest BCUT2D eigenvalue weighted by atomic mass is 10.1. The summed E-state index contributed by atoms with van der Waals surface area (Å²) in [6, 6.07) is 2.30. The number of nitrogens with one attached hydrogen (secondary N) is 2. The number of hydrogen-bond donors (Lipinski definition) is 2. The molecule has 0 bridgehead atoms. The summed E-state index contributed by atoms with van der Waals surface area (Å²) in [4.78, 5) is 38.4. The molecule has 0 radical (unpaired) electrons. The summed E-state index contributed by atoms with van der Waals surface area (Å²) in [5.74, 6) is -0.122. The van der Waals surface area contributed by atoms with Crippen molar-refractivity contribution in [1.29, 1.82) is 0 Å². The van der Waals surface area contributed by atoms with Gasteiger partial charge in [0.05, 0.1) is 11.2 Å². The molecule has 1 unspecified atom stereocenters. The zero-order chi connectivity index (χ0) is 19.3. The predicted molar refractivity (Wildman–Crippen MR) is 93.0 cm³/mol. The molecule has 0 aliphatic carbocycles. The van der Waals surface area contributed by atoms with Crippen LogP contribution in [0.5, 0.6) is 0 Å². The molecule has 2 amide bonds. The van der Waals surface area contributed by atoms with Crippen LogP contribution >= 0.6 is 11.3 Å². The predicted octanol–water partition coefficient (Wildman–Crippen LogP) is 2.72. The number of nitro groups is 1. The van der Waals surface area contributed by atoms with Gasteiger partial charge in [0.25, 0.3) is 0 Å². The first-order valence-electron chi connectivity index (χ1n) is 7.57. The fourth-order valence-electron chi connectivity index (χ4n) is 1.89. The Bertz CT molecular complexity index is 780. The van der Waals surface area contributed by atoms with Crippen molar-refractivity contribution >= 4 is 33.5 Å². The maximum Gasteiger partial charge on any atom is 0.408 e. The zero-order valence-electron chi connectivity index (χ0n) is 14.3. The Kier molecular flexibility index (Phi) is 5.93. The quantitative estimate of drug-likeness (QED) is 0.579. The number of alkyl carbamates (subject to hydrolysis) is 1. The maximum atomic E-state index is 12.5. The van der Waals surface area contributed by atoms with Crippen LogP contribution in [0, 0.1) is 10.1 Å². The van der Waals surface area contributed by atoms with E-state index < -0.39 is 28.6 Å². The Morgan fingerprint density at radius 3 is 2.73 bits per heavy atom. The number of hydrogen-bond acceptors (Lipinski definition) is 8. The number of ether oxygens (including phenoxy) is 1. The average Bonchev–Trinajstić information content (AvgIpc) is 3.16. The molecule has 2 heterocycles. The number of rotatable bonds is 6. The van der Waals surface area contributed by atoms with Gasteiger partial charge in [0, 0.05) is 6.42 Å². The lowest BCUT2D eigenvalue weighted by Gasteiger charge is -2.22. The third-order valence-corrected chi connectivity index (χ3v) is 3.76. The molecule has 0 fully saturated rings. The van der Waals surface area contributed by atoms with Crippen LogP contribution in [-0.2, 0) is 16.0 Å². The van der Waals surface area contributed by atoms with Crippen molar-refractivity contribution in [3.05, 3.63) is 40.5 Å². The van der Waals surface area contributed by atoms with E-state index in [1.165, 1.54) is 6.26 Å². The fraction of sp³-hybridized carbons (Fsp3) is 0.400. The maximum absolute atomic E-state index is 12.5. The highest BCUT2D eigenvalue weighted by atomic mass is 32.1. The number of aromatic nitrogens is 1. The average molecular weight is 382 g/mol. The monoisotopic (exact) mass is 382 g/mol. The Morgan fingerprint density at radius 2 is 2.19 bits per heavy atom. The molecule has 140 valence electrons. The van der Waals surface area contributed by atoms with Crippen molar-refractivity contribution in [3.8, 4) is 0 Å². The molecule has 0 saturated heterocycles. The van der Waals surface area contributed by atoms with Gasteiger partial charge >= 0.3 is 11.1 Å². The molecule has 0 spiro atoms. The molecule has 2 rings (SSSR count). The number of carbonyl (C=O) groups is 2. The van der Waals surface area contributed by atoms with Crippen LogP contribution in [0.1, 0.15) is 26.5 Å². The third-order valence-electron chi connectivity index (χ3n) is 2.90. The highest BCUT2D eigenvalue weighted by molar-refractivity contribution is 7.18. The lowest BCUT2D eigenvalue weighted by molar-refractivity contribution is -0.380. The molecule has 10 nitrogen and oxygen atoms in total. The summed E-state index contributed by atoms with van der Waals surface area (Å²) in [5.41, 5.74) is -0.730. The number of carbonyl (C=O) groups excluding carboxylic acids is 2. The molecule has 11 heteroatoms. The van der Waals surface area contributed by atoms with Gasteiger partial charge in [0.1, 0.15) is 23.6 Å². The van der Waals surface area contributed by atoms with Gasteiger partial charge in [0.15, 0.2) is 5.13 Å². The van der Waals surface area contributed by atoms with Gasteiger partial charge in [-0.3, -0.25) is 20.2 Å². The van der Waals surface area contributed by atoms with Crippen LogP contribution in [0.15, 0.2) is 29.0 Å².